The molecule has 0 saturated carbocycles. The van der Waals surface area contributed by atoms with E-state index in [1.807, 2.05) is 36.4 Å². The number of fused-ring (bicyclic) bond motifs is 1. The number of aliphatic hydroxyl groups is 1. The van der Waals surface area contributed by atoms with E-state index in [9.17, 15) is 14.7 Å². The number of rotatable bonds is 4. The fraction of sp³-hybridized carbons (Fsp3) is 0.417. The molecular formula is C24H27NO4. The first-order chi connectivity index (χ1) is 13.9. The SMILES string of the molecule is CC(=O)Oc1ccc2c(c1)CCC(CN1CCC(O)(c3ccccc3)CC1)C2=O. The number of ketones is 1. The molecule has 1 unspecified atom stereocenters. The Morgan fingerprint density at radius 2 is 1.90 bits per heavy atom. The molecule has 0 spiro atoms. The van der Waals surface area contributed by atoms with E-state index in [1.165, 1.54) is 6.92 Å². The first-order valence-corrected chi connectivity index (χ1v) is 10.3. The van der Waals surface area contributed by atoms with Crippen molar-refractivity contribution in [1.82, 2.24) is 4.90 Å². The van der Waals surface area contributed by atoms with E-state index in [4.69, 9.17) is 4.74 Å². The predicted octanol–water partition coefficient (Wildman–Crippen LogP) is 3.34. The van der Waals surface area contributed by atoms with Crippen LogP contribution in [0.2, 0.25) is 0 Å². The topological polar surface area (TPSA) is 66.8 Å². The van der Waals surface area contributed by atoms with Crippen LogP contribution in [0.1, 0.15) is 47.7 Å². The molecular weight excluding hydrogens is 366 g/mol. The van der Waals surface area contributed by atoms with Crippen molar-refractivity contribution in [2.24, 2.45) is 5.92 Å². The fourth-order valence-corrected chi connectivity index (χ4v) is 4.56. The molecule has 0 amide bonds. The van der Waals surface area contributed by atoms with Crippen molar-refractivity contribution in [2.45, 2.75) is 38.2 Å². The van der Waals surface area contributed by atoms with Crippen LogP contribution in [0.5, 0.6) is 5.75 Å². The molecule has 1 aliphatic carbocycles. The minimum atomic E-state index is -0.770. The van der Waals surface area contributed by atoms with Gasteiger partial charge in [0, 0.05) is 38.0 Å². The Hall–Kier alpha value is -2.50. The number of ether oxygens (including phenoxy) is 1. The summed E-state index contributed by atoms with van der Waals surface area (Å²) in [6.45, 7) is 3.67. The van der Waals surface area contributed by atoms with Gasteiger partial charge in [-0.15, -0.1) is 0 Å². The number of carbonyl (C=O) groups excluding carboxylic acids is 2. The van der Waals surface area contributed by atoms with E-state index in [0.29, 0.717) is 18.6 Å². The highest BCUT2D eigenvalue weighted by Crippen LogP contribution is 2.34. The summed E-state index contributed by atoms with van der Waals surface area (Å²) in [7, 11) is 0. The molecule has 1 N–H and O–H groups in total. The Balaban J connectivity index is 1.38. The molecule has 152 valence electrons. The molecule has 4 rings (SSSR count). The second-order valence-electron chi connectivity index (χ2n) is 8.21. The Labute approximate surface area is 171 Å². The average Bonchev–Trinajstić information content (AvgIpc) is 2.72. The minimum absolute atomic E-state index is 0.0232. The van der Waals surface area contributed by atoms with Crippen LogP contribution < -0.4 is 4.74 Å². The summed E-state index contributed by atoms with van der Waals surface area (Å²) in [6.07, 6.45) is 2.97. The van der Waals surface area contributed by atoms with E-state index < -0.39 is 5.60 Å². The Kier molecular flexibility index (Phi) is 5.52. The quantitative estimate of drug-likeness (QED) is 0.637. The zero-order valence-corrected chi connectivity index (χ0v) is 16.8. The highest BCUT2D eigenvalue weighted by atomic mass is 16.5. The van der Waals surface area contributed by atoms with E-state index in [1.54, 1.807) is 12.1 Å². The maximum absolute atomic E-state index is 13.0. The van der Waals surface area contributed by atoms with E-state index in [-0.39, 0.29) is 17.7 Å². The molecule has 1 atom stereocenters. The fourth-order valence-electron chi connectivity index (χ4n) is 4.56. The molecule has 1 aliphatic heterocycles. The number of benzene rings is 2. The zero-order valence-electron chi connectivity index (χ0n) is 16.8. The summed E-state index contributed by atoms with van der Waals surface area (Å²) in [5, 5.41) is 11.0. The number of nitrogens with zero attached hydrogens (tertiary/aromatic N) is 1. The molecule has 1 heterocycles. The van der Waals surface area contributed by atoms with Crippen LogP contribution >= 0.6 is 0 Å². The summed E-state index contributed by atoms with van der Waals surface area (Å²) in [5.74, 6) is 0.291. The van der Waals surface area contributed by atoms with E-state index >= 15 is 0 Å². The second kappa shape index (κ2) is 8.09. The molecule has 1 saturated heterocycles. The number of esters is 1. The summed E-state index contributed by atoms with van der Waals surface area (Å²) in [4.78, 5) is 26.4. The third kappa shape index (κ3) is 4.26. The summed E-state index contributed by atoms with van der Waals surface area (Å²) in [6, 6.07) is 15.2. The minimum Gasteiger partial charge on any atom is -0.427 e. The lowest BCUT2D eigenvalue weighted by Crippen LogP contribution is -2.45. The molecule has 5 heteroatoms. The third-order valence-electron chi connectivity index (χ3n) is 6.21. The highest BCUT2D eigenvalue weighted by molar-refractivity contribution is 6.00. The van der Waals surface area contributed by atoms with Gasteiger partial charge < -0.3 is 14.7 Å². The maximum atomic E-state index is 13.0. The van der Waals surface area contributed by atoms with Gasteiger partial charge in [0.15, 0.2) is 5.78 Å². The van der Waals surface area contributed by atoms with Gasteiger partial charge in [-0.25, -0.2) is 0 Å². The number of hydrogen-bond acceptors (Lipinski definition) is 5. The van der Waals surface area contributed by atoms with Crippen LogP contribution in [0, 0.1) is 5.92 Å². The lowest BCUT2D eigenvalue weighted by molar-refractivity contribution is -0.131. The van der Waals surface area contributed by atoms with Crippen LogP contribution in [0.3, 0.4) is 0 Å². The lowest BCUT2D eigenvalue weighted by Gasteiger charge is -2.40. The van der Waals surface area contributed by atoms with Gasteiger partial charge in [0.2, 0.25) is 0 Å². The number of piperidine rings is 1. The highest BCUT2D eigenvalue weighted by Gasteiger charge is 2.36. The van der Waals surface area contributed by atoms with Crippen molar-refractivity contribution < 1.29 is 19.4 Å². The second-order valence-corrected chi connectivity index (χ2v) is 8.21. The number of likely N-dealkylation sites (tertiary alicyclic amines) is 1. The van der Waals surface area contributed by atoms with Crippen molar-refractivity contribution in [2.75, 3.05) is 19.6 Å². The molecule has 0 aromatic heterocycles. The number of hydrogen-bond donors (Lipinski definition) is 1. The smallest absolute Gasteiger partial charge is 0.308 e. The number of Topliss-reactive ketones (excluding diaryl/α,β-unsaturated/α-hetero) is 1. The lowest BCUT2D eigenvalue weighted by atomic mass is 9.81. The normalized spacial score (nSPS) is 21.4. The maximum Gasteiger partial charge on any atom is 0.308 e. The van der Waals surface area contributed by atoms with Gasteiger partial charge in [0.05, 0.1) is 5.60 Å². The van der Waals surface area contributed by atoms with E-state index in [2.05, 4.69) is 4.90 Å². The van der Waals surface area contributed by atoms with Gasteiger partial charge in [0.1, 0.15) is 5.75 Å². The molecule has 0 bridgehead atoms. The Morgan fingerprint density at radius 3 is 2.59 bits per heavy atom. The van der Waals surface area contributed by atoms with Crippen LogP contribution in [-0.2, 0) is 16.8 Å². The van der Waals surface area contributed by atoms with Gasteiger partial charge in [-0.3, -0.25) is 9.59 Å². The standard InChI is InChI=1S/C24H27NO4/c1-17(26)29-21-9-10-22-18(15-21)7-8-19(23(22)27)16-25-13-11-24(28,12-14-25)20-5-3-2-4-6-20/h2-6,9-10,15,19,28H,7-8,11-14,16H2,1H3. The molecule has 2 aromatic carbocycles. The van der Waals surface area contributed by atoms with Crippen molar-refractivity contribution in [1.29, 1.82) is 0 Å². The largest absolute Gasteiger partial charge is 0.427 e. The number of aryl methyl sites for hydroxylation is 1. The van der Waals surface area contributed by atoms with Gasteiger partial charge in [-0.05, 0) is 55.0 Å². The molecule has 5 nitrogen and oxygen atoms in total. The van der Waals surface area contributed by atoms with Gasteiger partial charge in [-0.1, -0.05) is 30.3 Å². The molecule has 2 aliphatic rings. The molecule has 2 aromatic rings. The van der Waals surface area contributed by atoms with Crippen molar-refractivity contribution in [3.8, 4) is 5.75 Å². The molecule has 1 fully saturated rings. The average molecular weight is 393 g/mol. The van der Waals surface area contributed by atoms with Crippen molar-refractivity contribution in [3.63, 3.8) is 0 Å². The van der Waals surface area contributed by atoms with Crippen LogP contribution in [0.4, 0.5) is 0 Å². The summed E-state index contributed by atoms with van der Waals surface area (Å²) < 4.78 is 5.14. The first-order valence-electron chi connectivity index (χ1n) is 10.3. The molecule has 29 heavy (non-hydrogen) atoms. The first kappa shape index (κ1) is 19.8. The van der Waals surface area contributed by atoms with Crippen LogP contribution in [0.15, 0.2) is 48.5 Å². The zero-order chi connectivity index (χ0) is 20.4. The predicted molar refractivity (Wildman–Crippen MR) is 110 cm³/mol. The summed E-state index contributed by atoms with van der Waals surface area (Å²) >= 11 is 0. The van der Waals surface area contributed by atoms with Crippen LogP contribution in [0.25, 0.3) is 0 Å². The Morgan fingerprint density at radius 1 is 1.17 bits per heavy atom. The van der Waals surface area contributed by atoms with Gasteiger partial charge in [0.25, 0.3) is 0 Å². The van der Waals surface area contributed by atoms with Crippen molar-refractivity contribution >= 4 is 11.8 Å². The number of carbonyl (C=O) groups is 2. The molecule has 0 radical (unpaired) electrons. The van der Waals surface area contributed by atoms with Gasteiger partial charge >= 0.3 is 5.97 Å². The van der Waals surface area contributed by atoms with Crippen molar-refractivity contribution in [3.05, 3.63) is 65.2 Å². The van der Waals surface area contributed by atoms with E-state index in [0.717, 1.165) is 49.2 Å². The summed E-state index contributed by atoms with van der Waals surface area (Å²) in [5.41, 5.74) is 1.91. The Bertz CT molecular complexity index is 900. The van der Waals surface area contributed by atoms with Crippen LogP contribution in [-0.4, -0.2) is 41.4 Å². The van der Waals surface area contributed by atoms with Gasteiger partial charge in [-0.2, -0.15) is 0 Å². The monoisotopic (exact) mass is 393 g/mol. The third-order valence-corrected chi connectivity index (χ3v) is 6.21.